The van der Waals surface area contributed by atoms with E-state index < -0.39 is 0 Å². The van der Waals surface area contributed by atoms with Crippen molar-refractivity contribution in [1.29, 1.82) is 0 Å². The third kappa shape index (κ3) is 3.90. The number of carbonyl (C=O) groups excluding carboxylic acids is 1. The monoisotopic (exact) mass is 512 g/mol. The number of likely N-dealkylation sites (N-methyl/N-ethyl adjacent to an activating group) is 2. The largest absolute Gasteiger partial charge is 0.368 e. The molecule has 0 aromatic carbocycles. The van der Waals surface area contributed by atoms with Crippen LogP contribution in [0.2, 0.25) is 0 Å². The Kier molecular flexibility index (Phi) is 5.87. The zero-order valence-electron chi connectivity index (χ0n) is 21.5. The van der Waals surface area contributed by atoms with Gasteiger partial charge in [0.25, 0.3) is 11.8 Å². The summed E-state index contributed by atoms with van der Waals surface area (Å²) in [5.41, 5.74) is 8.65. The molecule has 1 aliphatic carbocycles. The van der Waals surface area contributed by atoms with Crippen LogP contribution >= 0.6 is 0 Å². The average Bonchev–Trinajstić information content (AvgIpc) is 3.57. The number of anilines is 1. The molecule has 1 aliphatic heterocycles. The molecule has 38 heavy (non-hydrogen) atoms. The van der Waals surface area contributed by atoms with E-state index in [0.717, 1.165) is 66.9 Å². The van der Waals surface area contributed by atoms with E-state index in [1.807, 2.05) is 24.4 Å². The number of likely N-dealkylation sites (tertiary alicyclic amines) is 1. The highest BCUT2D eigenvalue weighted by Gasteiger charge is 2.46. The highest BCUT2D eigenvalue weighted by atomic mass is 16.5. The van der Waals surface area contributed by atoms with Gasteiger partial charge in [-0.3, -0.25) is 14.3 Å². The second-order valence-electron chi connectivity index (χ2n) is 10.3. The first kappa shape index (κ1) is 24.1. The summed E-state index contributed by atoms with van der Waals surface area (Å²) in [6, 6.07) is 7.79. The quantitative estimate of drug-likeness (QED) is 0.372. The molecule has 1 saturated heterocycles. The SMILES string of the molecule is CNC(=O)[C@@H]1CCC[N+]1(C)c1ccc(-c2nc(C3(c4ccc(-c5cnc(N)nc5)nc4)CCC3)no2)cn1. The standard InChI is InChI=1S/C27H29N9O2/c1-29-23(37)21-5-3-12-36(21,2)22-9-6-17(13-31-22)24-34-25(35-38-24)27(10-4-11-27)19-7-8-20(30-16-19)18-14-32-26(28)33-15-18/h6-9,13-16,21H,3-5,10-12H2,1-2H3,(H2-,28,29,30,32,33,37)/p+1/t21-,36?/m0/s1. The van der Waals surface area contributed by atoms with E-state index >= 15 is 0 Å². The van der Waals surface area contributed by atoms with Crippen molar-refractivity contribution in [3.63, 3.8) is 0 Å². The highest BCUT2D eigenvalue weighted by Crippen LogP contribution is 2.48. The number of rotatable bonds is 6. The topological polar surface area (TPSA) is 146 Å². The van der Waals surface area contributed by atoms with E-state index in [0.29, 0.717) is 16.2 Å². The number of pyridine rings is 2. The number of amides is 1. The Balaban J connectivity index is 1.24. The van der Waals surface area contributed by atoms with Crippen LogP contribution in [-0.4, -0.2) is 62.7 Å². The zero-order chi connectivity index (χ0) is 26.3. The smallest absolute Gasteiger partial charge is 0.278 e. The van der Waals surface area contributed by atoms with Gasteiger partial charge in [-0.05, 0) is 30.5 Å². The van der Waals surface area contributed by atoms with Gasteiger partial charge in [0.15, 0.2) is 11.9 Å². The summed E-state index contributed by atoms with van der Waals surface area (Å²) in [4.78, 5) is 34.7. The van der Waals surface area contributed by atoms with Crippen LogP contribution in [0.3, 0.4) is 0 Å². The number of carbonyl (C=O) groups is 1. The Morgan fingerprint density at radius 1 is 1.03 bits per heavy atom. The molecule has 4 aromatic heterocycles. The first-order valence-corrected chi connectivity index (χ1v) is 12.9. The third-order valence-electron chi connectivity index (χ3n) is 8.20. The molecule has 194 valence electrons. The lowest BCUT2D eigenvalue weighted by Crippen LogP contribution is -2.56. The Bertz CT molecular complexity index is 1450. The second kappa shape index (κ2) is 9.25. The minimum absolute atomic E-state index is 0.0486. The van der Waals surface area contributed by atoms with Crippen molar-refractivity contribution in [2.45, 2.75) is 43.6 Å². The minimum atomic E-state index is -0.326. The first-order valence-electron chi connectivity index (χ1n) is 12.9. The molecule has 5 heterocycles. The third-order valence-corrected chi connectivity index (χ3v) is 8.20. The van der Waals surface area contributed by atoms with Crippen molar-refractivity contribution < 1.29 is 9.32 Å². The van der Waals surface area contributed by atoms with Crippen molar-refractivity contribution in [2.75, 3.05) is 26.4 Å². The van der Waals surface area contributed by atoms with Gasteiger partial charge in [-0.1, -0.05) is 17.6 Å². The van der Waals surface area contributed by atoms with Crippen molar-refractivity contribution in [1.82, 2.24) is 39.9 Å². The van der Waals surface area contributed by atoms with Gasteiger partial charge in [-0.15, -0.1) is 0 Å². The molecule has 2 aliphatic rings. The highest BCUT2D eigenvalue weighted by molar-refractivity contribution is 5.84. The summed E-state index contributed by atoms with van der Waals surface area (Å²) in [7, 11) is 3.75. The van der Waals surface area contributed by atoms with Crippen LogP contribution in [0.5, 0.6) is 0 Å². The van der Waals surface area contributed by atoms with Crippen LogP contribution in [0.1, 0.15) is 43.5 Å². The molecule has 6 rings (SSSR count). The van der Waals surface area contributed by atoms with E-state index in [4.69, 9.17) is 20.2 Å². The Morgan fingerprint density at radius 3 is 2.45 bits per heavy atom. The van der Waals surface area contributed by atoms with Crippen molar-refractivity contribution >= 4 is 17.7 Å². The summed E-state index contributed by atoms with van der Waals surface area (Å²) in [5.74, 6) is 2.23. The molecule has 0 radical (unpaired) electrons. The van der Waals surface area contributed by atoms with Gasteiger partial charge in [0.05, 0.1) is 30.3 Å². The lowest BCUT2D eigenvalue weighted by Gasteiger charge is -2.39. The van der Waals surface area contributed by atoms with Gasteiger partial charge in [-0.25, -0.2) is 15.0 Å². The van der Waals surface area contributed by atoms with E-state index in [2.05, 4.69) is 38.5 Å². The lowest BCUT2D eigenvalue weighted by molar-refractivity contribution is -0.124. The molecule has 0 bridgehead atoms. The molecular formula is C27H30N9O2+. The number of aromatic nitrogens is 6. The molecule has 2 atom stereocenters. The maximum absolute atomic E-state index is 12.4. The number of quaternary nitrogens is 1. The molecule has 0 spiro atoms. The number of nitrogen functional groups attached to an aromatic ring is 1. The maximum Gasteiger partial charge on any atom is 0.278 e. The summed E-state index contributed by atoms with van der Waals surface area (Å²) in [5, 5.41) is 7.17. The molecule has 4 aromatic rings. The van der Waals surface area contributed by atoms with Crippen LogP contribution in [0.15, 0.2) is 53.6 Å². The summed E-state index contributed by atoms with van der Waals surface area (Å²) in [6.07, 6.45) is 11.7. The van der Waals surface area contributed by atoms with Gasteiger partial charge >= 0.3 is 0 Å². The second-order valence-corrected chi connectivity index (χ2v) is 10.3. The van der Waals surface area contributed by atoms with Crippen molar-refractivity contribution in [3.05, 3.63) is 60.4 Å². The predicted octanol–water partition coefficient (Wildman–Crippen LogP) is 2.88. The number of hydrogen-bond acceptors (Lipinski definition) is 9. The Hall–Kier alpha value is -4.25. The predicted molar refractivity (Wildman–Crippen MR) is 142 cm³/mol. The lowest BCUT2D eigenvalue weighted by atomic mass is 9.64. The van der Waals surface area contributed by atoms with Gasteiger partial charge in [-0.2, -0.15) is 4.98 Å². The molecule has 11 heteroatoms. The average molecular weight is 513 g/mol. The fourth-order valence-corrected chi connectivity index (χ4v) is 5.72. The minimum Gasteiger partial charge on any atom is -0.368 e. The van der Waals surface area contributed by atoms with Gasteiger partial charge in [0.1, 0.15) is 0 Å². The summed E-state index contributed by atoms with van der Waals surface area (Å²) < 4.78 is 6.20. The van der Waals surface area contributed by atoms with Crippen LogP contribution in [0.25, 0.3) is 22.7 Å². The molecule has 1 saturated carbocycles. The first-order chi connectivity index (χ1) is 18.4. The zero-order valence-corrected chi connectivity index (χ0v) is 21.5. The van der Waals surface area contributed by atoms with E-state index in [-0.39, 0.29) is 23.3 Å². The van der Waals surface area contributed by atoms with E-state index in [1.165, 1.54) is 0 Å². The summed E-state index contributed by atoms with van der Waals surface area (Å²) in [6.45, 7) is 0.871. The van der Waals surface area contributed by atoms with Crippen molar-refractivity contribution in [2.24, 2.45) is 0 Å². The van der Waals surface area contributed by atoms with Crippen molar-refractivity contribution in [3.8, 4) is 22.7 Å². The molecule has 11 nitrogen and oxygen atoms in total. The molecule has 1 unspecified atom stereocenters. The van der Waals surface area contributed by atoms with Gasteiger partial charge in [0.2, 0.25) is 11.8 Å². The Labute approximate surface area is 220 Å². The maximum atomic E-state index is 12.4. The molecule has 2 fully saturated rings. The van der Waals surface area contributed by atoms with Gasteiger partial charge < -0.3 is 15.6 Å². The molecule has 1 amide bonds. The normalized spacial score (nSPS) is 22.1. The number of nitrogens with two attached hydrogens (primary N) is 1. The van der Waals surface area contributed by atoms with Crippen LogP contribution in [-0.2, 0) is 10.2 Å². The Morgan fingerprint density at radius 2 is 1.82 bits per heavy atom. The van der Waals surface area contributed by atoms with Crippen LogP contribution in [0, 0.1) is 0 Å². The number of nitrogens with zero attached hydrogens (tertiary/aromatic N) is 7. The fourth-order valence-electron chi connectivity index (χ4n) is 5.72. The van der Waals surface area contributed by atoms with Crippen LogP contribution < -0.4 is 15.5 Å². The van der Waals surface area contributed by atoms with E-state index in [1.54, 1.807) is 25.6 Å². The van der Waals surface area contributed by atoms with E-state index in [9.17, 15) is 4.79 Å². The molecule has 3 N–H and O–H groups in total. The molecular weight excluding hydrogens is 482 g/mol. The number of hydrogen-bond donors (Lipinski definition) is 2. The van der Waals surface area contributed by atoms with Crippen LogP contribution in [0.4, 0.5) is 11.8 Å². The number of nitrogens with one attached hydrogen (secondary N) is 1. The van der Waals surface area contributed by atoms with Gasteiger partial charge in [0, 0.05) is 56.3 Å². The fraction of sp³-hybridized carbons (Fsp3) is 0.370. The summed E-state index contributed by atoms with van der Waals surface area (Å²) >= 11 is 0.